The van der Waals surface area contributed by atoms with E-state index < -0.39 is 10.0 Å². The minimum absolute atomic E-state index is 0.0839. The van der Waals surface area contributed by atoms with Crippen LogP contribution in [0.1, 0.15) is 45.2 Å². The maximum atomic E-state index is 12.6. The van der Waals surface area contributed by atoms with Gasteiger partial charge in [0, 0.05) is 0 Å². The van der Waals surface area contributed by atoms with Crippen LogP contribution in [-0.4, -0.2) is 13.5 Å². The zero-order valence-corrected chi connectivity index (χ0v) is 15.4. The summed E-state index contributed by atoms with van der Waals surface area (Å²) < 4.78 is 27.6. The van der Waals surface area contributed by atoms with Crippen molar-refractivity contribution in [2.75, 3.05) is 4.72 Å². The SMILES string of the molecule is CCc1ccc(S(=O)(=O)Nc2cc(C(C)(C)CC)ccc2O)cc1. The van der Waals surface area contributed by atoms with E-state index in [1.54, 1.807) is 30.3 Å². The lowest BCUT2D eigenvalue weighted by Crippen LogP contribution is -2.17. The van der Waals surface area contributed by atoms with Crippen LogP contribution in [0.15, 0.2) is 47.4 Å². The van der Waals surface area contributed by atoms with E-state index in [4.69, 9.17) is 0 Å². The molecule has 0 unspecified atom stereocenters. The predicted octanol–water partition coefficient (Wildman–Crippen LogP) is 4.44. The van der Waals surface area contributed by atoms with E-state index in [2.05, 4.69) is 25.5 Å². The first-order valence-corrected chi connectivity index (χ1v) is 9.63. The number of sulfonamides is 1. The van der Waals surface area contributed by atoms with Crippen LogP contribution in [0, 0.1) is 0 Å². The van der Waals surface area contributed by atoms with Gasteiger partial charge in [0.15, 0.2) is 0 Å². The molecule has 4 nitrogen and oxygen atoms in total. The van der Waals surface area contributed by atoms with Crippen molar-refractivity contribution in [3.63, 3.8) is 0 Å². The molecule has 0 aliphatic heterocycles. The van der Waals surface area contributed by atoms with Gasteiger partial charge in [-0.1, -0.05) is 45.9 Å². The number of phenols is 1. The highest BCUT2D eigenvalue weighted by Crippen LogP contribution is 2.34. The maximum absolute atomic E-state index is 12.6. The molecule has 0 aliphatic rings. The lowest BCUT2D eigenvalue weighted by atomic mass is 9.82. The summed E-state index contributed by atoms with van der Waals surface area (Å²) in [6.45, 7) is 8.26. The van der Waals surface area contributed by atoms with E-state index >= 15 is 0 Å². The highest BCUT2D eigenvalue weighted by molar-refractivity contribution is 7.92. The highest BCUT2D eigenvalue weighted by Gasteiger charge is 2.21. The van der Waals surface area contributed by atoms with Crippen LogP contribution in [0.4, 0.5) is 5.69 Å². The fourth-order valence-electron chi connectivity index (χ4n) is 2.35. The lowest BCUT2D eigenvalue weighted by molar-refractivity contribution is 0.474. The monoisotopic (exact) mass is 347 g/mol. The first-order valence-electron chi connectivity index (χ1n) is 8.15. The Morgan fingerprint density at radius 1 is 1.04 bits per heavy atom. The van der Waals surface area contributed by atoms with Crippen molar-refractivity contribution in [3.8, 4) is 5.75 Å². The number of aryl methyl sites for hydroxylation is 1. The van der Waals surface area contributed by atoms with Crippen molar-refractivity contribution in [2.24, 2.45) is 0 Å². The highest BCUT2D eigenvalue weighted by atomic mass is 32.2. The summed E-state index contributed by atoms with van der Waals surface area (Å²) in [5.41, 5.74) is 2.15. The van der Waals surface area contributed by atoms with Crippen molar-refractivity contribution in [1.82, 2.24) is 0 Å². The van der Waals surface area contributed by atoms with Crippen molar-refractivity contribution in [2.45, 2.75) is 50.8 Å². The molecule has 2 rings (SSSR count). The Hall–Kier alpha value is -2.01. The van der Waals surface area contributed by atoms with Gasteiger partial charge in [0.05, 0.1) is 10.6 Å². The number of anilines is 1. The molecule has 0 atom stereocenters. The van der Waals surface area contributed by atoms with E-state index in [0.29, 0.717) is 0 Å². The number of hydrogen-bond acceptors (Lipinski definition) is 3. The second-order valence-electron chi connectivity index (χ2n) is 6.57. The van der Waals surface area contributed by atoms with Gasteiger partial charge in [-0.05, 0) is 53.6 Å². The number of aromatic hydroxyl groups is 1. The molecular weight excluding hydrogens is 322 g/mol. The zero-order chi connectivity index (χ0) is 18.0. The van der Waals surface area contributed by atoms with Crippen LogP contribution in [0.2, 0.25) is 0 Å². The number of hydrogen-bond donors (Lipinski definition) is 2. The average Bonchev–Trinajstić information content (AvgIpc) is 2.56. The van der Waals surface area contributed by atoms with Crippen LogP contribution >= 0.6 is 0 Å². The second kappa shape index (κ2) is 6.85. The first-order chi connectivity index (χ1) is 11.2. The third-order valence-electron chi connectivity index (χ3n) is 4.55. The summed E-state index contributed by atoms with van der Waals surface area (Å²) in [4.78, 5) is 0.180. The Kier molecular flexibility index (Phi) is 5.23. The van der Waals surface area contributed by atoms with Gasteiger partial charge in [-0.2, -0.15) is 0 Å². The summed E-state index contributed by atoms with van der Waals surface area (Å²) >= 11 is 0. The molecule has 0 bridgehead atoms. The summed E-state index contributed by atoms with van der Waals surface area (Å²) in [5, 5.41) is 10.0. The Balaban J connectivity index is 2.36. The van der Waals surface area contributed by atoms with Gasteiger partial charge in [-0.25, -0.2) is 8.42 Å². The van der Waals surface area contributed by atoms with E-state index in [9.17, 15) is 13.5 Å². The lowest BCUT2D eigenvalue weighted by Gasteiger charge is -2.24. The van der Waals surface area contributed by atoms with Crippen molar-refractivity contribution in [3.05, 3.63) is 53.6 Å². The molecule has 130 valence electrons. The average molecular weight is 347 g/mol. The number of phenolic OH excluding ortho intramolecular Hbond substituents is 1. The standard InChI is InChI=1S/C19H25NO3S/c1-5-14-7-10-16(11-8-14)24(22,23)20-17-13-15(9-12-18(17)21)19(3,4)6-2/h7-13,20-21H,5-6H2,1-4H3. The molecular formula is C19H25NO3S. The summed E-state index contributed by atoms with van der Waals surface area (Å²) in [7, 11) is -3.74. The Labute approximate surface area is 144 Å². The Bertz CT molecular complexity index is 809. The third kappa shape index (κ3) is 3.90. The summed E-state index contributed by atoms with van der Waals surface area (Å²) in [5.74, 6) is -0.0839. The van der Waals surface area contributed by atoms with Crippen LogP contribution in [0.25, 0.3) is 0 Å². The Morgan fingerprint density at radius 3 is 2.21 bits per heavy atom. The van der Waals surface area contributed by atoms with Gasteiger partial charge in [-0.15, -0.1) is 0 Å². The van der Waals surface area contributed by atoms with Crippen LogP contribution in [0.5, 0.6) is 5.75 Å². The van der Waals surface area contributed by atoms with Gasteiger partial charge >= 0.3 is 0 Å². The minimum Gasteiger partial charge on any atom is -0.506 e. The van der Waals surface area contributed by atoms with Gasteiger partial charge in [0.1, 0.15) is 5.75 Å². The number of benzene rings is 2. The quantitative estimate of drug-likeness (QED) is 0.759. The van der Waals surface area contributed by atoms with E-state index in [1.165, 1.54) is 6.07 Å². The van der Waals surface area contributed by atoms with Gasteiger partial charge in [0.25, 0.3) is 10.0 Å². The van der Waals surface area contributed by atoms with Crippen molar-refractivity contribution in [1.29, 1.82) is 0 Å². The van der Waals surface area contributed by atoms with Crippen LogP contribution < -0.4 is 4.72 Å². The first kappa shape index (κ1) is 18.3. The van der Waals surface area contributed by atoms with E-state index in [-0.39, 0.29) is 21.7 Å². The number of rotatable bonds is 6. The smallest absolute Gasteiger partial charge is 0.262 e. The van der Waals surface area contributed by atoms with Gasteiger partial charge in [0.2, 0.25) is 0 Å². The molecule has 2 N–H and O–H groups in total. The maximum Gasteiger partial charge on any atom is 0.262 e. The van der Waals surface area contributed by atoms with Crippen molar-refractivity contribution >= 4 is 15.7 Å². The predicted molar refractivity (Wildman–Crippen MR) is 98.1 cm³/mol. The van der Waals surface area contributed by atoms with Crippen LogP contribution in [-0.2, 0) is 21.9 Å². The third-order valence-corrected chi connectivity index (χ3v) is 5.93. The normalized spacial score (nSPS) is 12.2. The molecule has 0 fully saturated rings. The van der Waals surface area contributed by atoms with Gasteiger partial charge < -0.3 is 5.11 Å². The minimum atomic E-state index is -3.74. The molecule has 5 heteroatoms. The second-order valence-corrected chi connectivity index (χ2v) is 8.25. The molecule has 2 aromatic carbocycles. The fraction of sp³-hybridized carbons (Fsp3) is 0.368. The molecule has 0 aromatic heterocycles. The largest absolute Gasteiger partial charge is 0.506 e. The number of nitrogens with one attached hydrogen (secondary N) is 1. The van der Waals surface area contributed by atoms with Gasteiger partial charge in [-0.3, -0.25) is 4.72 Å². The molecule has 0 saturated heterocycles. The summed E-state index contributed by atoms with van der Waals surface area (Å²) in [6.07, 6.45) is 1.76. The molecule has 0 aliphatic carbocycles. The Morgan fingerprint density at radius 2 is 1.67 bits per heavy atom. The fourth-order valence-corrected chi connectivity index (χ4v) is 3.42. The molecule has 24 heavy (non-hydrogen) atoms. The molecule has 0 spiro atoms. The molecule has 2 aromatic rings. The molecule has 0 amide bonds. The van der Waals surface area contributed by atoms with E-state index in [1.807, 2.05) is 13.0 Å². The van der Waals surface area contributed by atoms with E-state index in [0.717, 1.165) is 24.0 Å². The summed E-state index contributed by atoms with van der Waals surface area (Å²) in [6, 6.07) is 11.8. The zero-order valence-electron chi connectivity index (χ0n) is 14.6. The molecule has 0 heterocycles. The molecule has 0 saturated carbocycles. The van der Waals surface area contributed by atoms with Crippen molar-refractivity contribution < 1.29 is 13.5 Å². The topological polar surface area (TPSA) is 66.4 Å². The molecule has 0 radical (unpaired) electrons. The van der Waals surface area contributed by atoms with Crippen LogP contribution in [0.3, 0.4) is 0 Å².